The average molecular weight is 287 g/mol. The van der Waals surface area contributed by atoms with Gasteiger partial charge < -0.3 is 19.9 Å². The normalized spacial score (nSPS) is 17.7. The zero-order chi connectivity index (χ0) is 14.5. The van der Waals surface area contributed by atoms with Gasteiger partial charge in [-0.2, -0.15) is 0 Å². The quantitative estimate of drug-likeness (QED) is 0.511. The summed E-state index contributed by atoms with van der Waals surface area (Å²) >= 11 is 0. The molecule has 1 fully saturated rings. The lowest BCUT2D eigenvalue weighted by Crippen LogP contribution is -2.31. The number of aliphatic hydroxyl groups excluding tert-OH is 1. The maximum Gasteiger partial charge on any atom is 0.0897 e. The third-order valence-corrected chi connectivity index (χ3v) is 3.91. The Morgan fingerprint density at radius 1 is 1.15 bits per heavy atom. The molecule has 0 bridgehead atoms. The van der Waals surface area contributed by atoms with Gasteiger partial charge in [0.15, 0.2) is 0 Å². The maximum atomic E-state index is 9.75. The van der Waals surface area contributed by atoms with E-state index in [1.807, 2.05) is 0 Å². The van der Waals surface area contributed by atoms with E-state index in [4.69, 9.17) is 9.47 Å². The summed E-state index contributed by atoms with van der Waals surface area (Å²) in [4.78, 5) is 0. The van der Waals surface area contributed by atoms with Crippen LogP contribution in [-0.4, -0.2) is 50.7 Å². The summed E-state index contributed by atoms with van der Waals surface area (Å²) in [6.45, 7) is 6.20. The molecule has 0 aliphatic heterocycles. The molecule has 1 aliphatic rings. The first-order valence-electron chi connectivity index (χ1n) is 8.37. The summed E-state index contributed by atoms with van der Waals surface area (Å²) in [6.07, 6.45) is 8.70. The molecule has 0 spiro atoms. The first-order valence-corrected chi connectivity index (χ1v) is 8.37. The molecule has 2 N–H and O–H groups in total. The Bertz CT molecular complexity index is 208. The molecular formula is C16H33NO3. The monoisotopic (exact) mass is 287 g/mol. The van der Waals surface area contributed by atoms with Crippen LogP contribution in [0.1, 0.15) is 51.9 Å². The van der Waals surface area contributed by atoms with Crippen LogP contribution in [0.3, 0.4) is 0 Å². The van der Waals surface area contributed by atoms with E-state index in [1.54, 1.807) is 0 Å². The van der Waals surface area contributed by atoms with Gasteiger partial charge in [-0.3, -0.25) is 0 Å². The molecule has 1 saturated carbocycles. The summed E-state index contributed by atoms with van der Waals surface area (Å²) in [7, 11) is 0. The second kappa shape index (κ2) is 12.6. The van der Waals surface area contributed by atoms with Crippen molar-refractivity contribution in [2.45, 2.75) is 58.0 Å². The Kier molecular flexibility index (Phi) is 11.2. The molecule has 4 nitrogen and oxygen atoms in total. The Morgan fingerprint density at radius 2 is 1.90 bits per heavy atom. The van der Waals surface area contributed by atoms with E-state index >= 15 is 0 Å². The van der Waals surface area contributed by atoms with Gasteiger partial charge in [-0.1, -0.05) is 39.0 Å². The zero-order valence-electron chi connectivity index (χ0n) is 13.1. The van der Waals surface area contributed by atoms with Crippen LogP contribution in [0.5, 0.6) is 0 Å². The molecule has 0 heterocycles. The maximum absolute atomic E-state index is 9.75. The summed E-state index contributed by atoms with van der Waals surface area (Å²) in [5, 5.41) is 13.1. The van der Waals surface area contributed by atoms with E-state index in [0.29, 0.717) is 26.4 Å². The van der Waals surface area contributed by atoms with Crippen LogP contribution in [0.4, 0.5) is 0 Å². The predicted octanol–water partition coefficient (Wildman–Crippen LogP) is 2.35. The van der Waals surface area contributed by atoms with Crippen LogP contribution in [-0.2, 0) is 9.47 Å². The van der Waals surface area contributed by atoms with Crippen molar-refractivity contribution >= 4 is 0 Å². The molecule has 4 heteroatoms. The fraction of sp³-hybridized carbons (Fsp3) is 1.00. The van der Waals surface area contributed by atoms with Crippen LogP contribution in [0, 0.1) is 5.92 Å². The predicted molar refractivity (Wildman–Crippen MR) is 82.0 cm³/mol. The van der Waals surface area contributed by atoms with Crippen LogP contribution < -0.4 is 5.32 Å². The van der Waals surface area contributed by atoms with E-state index in [1.165, 1.54) is 32.1 Å². The van der Waals surface area contributed by atoms with Gasteiger partial charge in [0.25, 0.3) is 0 Å². The number of ether oxygens (including phenoxy) is 2. The number of unbranched alkanes of at least 4 members (excludes halogenated alkanes) is 1. The smallest absolute Gasteiger partial charge is 0.0897 e. The number of rotatable bonds is 13. The van der Waals surface area contributed by atoms with Gasteiger partial charge in [-0.05, 0) is 25.3 Å². The number of hydrogen-bond donors (Lipinski definition) is 2. The number of nitrogens with one attached hydrogen (secondary N) is 1. The van der Waals surface area contributed by atoms with Gasteiger partial charge in [0.2, 0.25) is 0 Å². The first-order chi connectivity index (χ1) is 9.83. The molecule has 0 aromatic heterocycles. The minimum absolute atomic E-state index is 0.396. The molecule has 0 amide bonds. The molecule has 0 saturated heterocycles. The van der Waals surface area contributed by atoms with Gasteiger partial charge >= 0.3 is 0 Å². The second-order valence-corrected chi connectivity index (χ2v) is 5.84. The summed E-state index contributed by atoms with van der Waals surface area (Å²) in [5.74, 6) is 0.913. The van der Waals surface area contributed by atoms with Gasteiger partial charge in [0.05, 0.1) is 25.9 Å². The highest BCUT2D eigenvalue weighted by atomic mass is 16.5. The summed E-state index contributed by atoms with van der Waals surface area (Å²) in [5.41, 5.74) is 0. The lowest BCUT2D eigenvalue weighted by Gasteiger charge is -2.14. The van der Waals surface area contributed by atoms with Crippen molar-refractivity contribution in [3.05, 3.63) is 0 Å². The fourth-order valence-electron chi connectivity index (χ4n) is 2.62. The number of hydrogen-bond acceptors (Lipinski definition) is 4. The van der Waals surface area contributed by atoms with Crippen LogP contribution in [0.25, 0.3) is 0 Å². The van der Waals surface area contributed by atoms with Crippen molar-refractivity contribution < 1.29 is 14.6 Å². The van der Waals surface area contributed by atoms with Crippen molar-refractivity contribution in [1.82, 2.24) is 5.32 Å². The Hall–Kier alpha value is -0.160. The molecule has 1 rings (SSSR count). The van der Waals surface area contributed by atoms with E-state index in [0.717, 1.165) is 31.9 Å². The highest BCUT2D eigenvalue weighted by molar-refractivity contribution is 4.68. The van der Waals surface area contributed by atoms with Crippen molar-refractivity contribution in [2.75, 3.05) is 39.5 Å². The largest absolute Gasteiger partial charge is 0.389 e. The van der Waals surface area contributed by atoms with Crippen LogP contribution in [0.2, 0.25) is 0 Å². The van der Waals surface area contributed by atoms with E-state index in [9.17, 15) is 5.11 Å². The van der Waals surface area contributed by atoms with Crippen LogP contribution >= 0.6 is 0 Å². The fourth-order valence-corrected chi connectivity index (χ4v) is 2.62. The molecular weight excluding hydrogens is 254 g/mol. The van der Waals surface area contributed by atoms with Crippen molar-refractivity contribution in [2.24, 2.45) is 5.92 Å². The molecule has 1 atom stereocenters. The first kappa shape index (κ1) is 17.9. The van der Waals surface area contributed by atoms with Gasteiger partial charge in [-0.15, -0.1) is 0 Å². The second-order valence-electron chi connectivity index (χ2n) is 5.84. The van der Waals surface area contributed by atoms with E-state index in [2.05, 4.69) is 12.2 Å². The van der Waals surface area contributed by atoms with Crippen LogP contribution in [0.15, 0.2) is 0 Å². The average Bonchev–Trinajstić information content (AvgIpc) is 2.96. The van der Waals surface area contributed by atoms with Crippen molar-refractivity contribution in [3.8, 4) is 0 Å². The van der Waals surface area contributed by atoms with Gasteiger partial charge in [0.1, 0.15) is 0 Å². The van der Waals surface area contributed by atoms with Gasteiger partial charge in [0, 0.05) is 13.2 Å². The lowest BCUT2D eigenvalue weighted by molar-refractivity contribution is 0.00391. The SMILES string of the molecule is CCCCOCCOCC(O)CNCCC1CCCC1. The molecule has 0 radical (unpaired) electrons. The molecule has 20 heavy (non-hydrogen) atoms. The van der Waals surface area contributed by atoms with E-state index < -0.39 is 6.10 Å². The molecule has 1 unspecified atom stereocenters. The Morgan fingerprint density at radius 3 is 2.65 bits per heavy atom. The highest BCUT2D eigenvalue weighted by Gasteiger charge is 2.14. The standard InChI is InChI=1S/C16H33NO3/c1-2-3-10-19-11-12-20-14-16(18)13-17-9-8-15-6-4-5-7-15/h15-18H,2-14H2,1H3. The molecule has 0 aromatic carbocycles. The third-order valence-electron chi connectivity index (χ3n) is 3.91. The molecule has 1 aliphatic carbocycles. The lowest BCUT2D eigenvalue weighted by atomic mass is 10.0. The minimum Gasteiger partial charge on any atom is -0.389 e. The Balaban J connectivity index is 1.79. The van der Waals surface area contributed by atoms with Crippen molar-refractivity contribution in [1.29, 1.82) is 0 Å². The topological polar surface area (TPSA) is 50.7 Å². The minimum atomic E-state index is -0.408. The molecule has 120 valence electrons. The van der Waals surface area contributed by atoms with E-state index in [-0.39, 0.29) is 0 Å². The third kappa shape index (κ3) is 9.70. The van der Waals surface area contributed by atoms with Crippen molar-refractivity contribution in [3.63, 3.8) is 0 Å². The number of aliphatic hydroxyl groups is 1. The summed E-state index contributed by atoms with van der Waals surface area (Å²) in [6, 6.07) is 0. The molecule has 0 aromatic rings. The van der Waals surface area contributed by atoms with Gasteiger partial charge in [-0.25, -0.2) is 0 Å². The highest BCUT2D eigenvalue weighted by Crippen LogP contribution is 2.26. The Labute approximate surface area is 124 Å². The zero-order valence-corrected chi connectivity index (χ0v) is 13.1. The summed E-state index contributed by atoms with van der Waals surface area (Å²) < 4.78 is 10.8.